The van der Waals surface area contributed by atoms with E-state index in [0.717, 1.165) is 17.0 Å². The number of anilines is 1. The van der Waals surface area contributed by atoms with Gasteiger partial charge in [-0.25, -0.2) is 20.1 Å². The first-order valence-electron chi connectivity index (χ1n) is 4.89. The first kappa shape index (κ1) is 13.4. The Hall–Kier alpha value is -1.67. The second-order valence-corrected chi connectivity index (χ2v) is 4.32. The number of urea groups is 1. The molecule has 0 radical (unpaired) electrons. The Balaban J connectivity index is 2.42. The normalized spacial score (nSPS) is 10.0. The molecule has 1 heterocycles. The lowest BCUT2D eigenvalue weighted by Crippen LogP contribution is -2.30. The van der Waals surface area contributed by atoms with Crippen molar-refractivity contribution < 1.29 is 19.5 Å². The highest BCUT2D eigenvalue weighted by atomic mass is 32.1. The van der Waals surface area contributed by atoms with E-state index in [1.807, 2.05) is 19.3 Å². The van der Waals surface area contributed by atoms with Crippen LogP contribution in [-0.4, -0.2) is 28.7 Å². The fourth-order valence-electron chi connectivity index (χ4n) is 1.10. The minimum absolute atomic E-state index is 0.454. The highest BCUT2D eigenvalue weighted by Gasteiger charge is 2.09. The Labute approximate surface area is 102 Å². The first-order chi connectivity index (χ1) is 8.02. The number of rotatable bonds is 5. The van der Waals surface area contributed by atoms with Crippen LogP contribution in [0.4, 0.5) is 9.93 Å². The maximum absolute atomic E-state index is 11.2. The van der Waals surface area contributed by atoms with Gasteiger partial charge in [0.15, 0.2) is 11.7 Å². The predicted octanol–water partition coefficient (Wildman–Crippen LogP) is 1.15. The summed E-state index contributed by atoms with van der Waals surface area (Å²) < 4.78 is 0. The third-order valence-electron chi connectivity index (χ3n) is 1.81. The van der Waals surface area contributed by atoms with Crippen LogP contribution in [0.1, 0.15) is 17.5 Å². The molecule has 3 N–H and O–H groups in total. The van der Waals surface area contributed by atoms with Crippen LogP contribution in [0.15, 0.2) is 0 Å². The van der Waals surface area contributed by atoms with Crippen molar-refractivity contribution in [3.63, 3.8) is 0 Å². The molecule has 0 aliphatic heterocycles. The van der Waals surface area contributed by atoms with Gasteiger partial charge in [0.2, 0.25) is 0 Å². The lowest BCUT2D eigenvalue weighted by molar-refractivity contribution is -0.143. The number of aromatic nitrogens is 1. The molecule has 0 unspecified atom stereocenters. The second kappa shape index (κ2) is 6.16. The summed E-state index contributed by atoms with van der Waals surface area (Å²) >= 11 is 1.35. The first-order valence-corrected chi connectivity index (χ1v) is 5.71. The molecule has 2 amide bonds. The summed E-state index contributed by atoms with van der Waals surface area (Å²) in [6, 6.07) is -0.650. The van der Waals surface area contributed by atoms with Gasteiger partial charge in [0.05, 0.1) is 5.69 Å². The molecule has 0 saturated heterocycles. The van der Waals surface area contributed by atoms with Crippen molar-refractivity contribution in [1.82, 2.24) is 10.5 Å². The van der Waals surface area contributed by atoms with Crippen LogP contribution in [0.25, 0.3) is 0 Å². The third kappa shape index (κ3) is 4.37. The van der Waals surface area contributed by atoms with Gasteiger partial charge < -0.3 is 5.11 Å². The summed E-state index contributed by atoms with van der Waals surface area (Å²) in [6.45, 7) is 3.30. The topological polar surface area (TPSA) is 101 Å². The number of carboxylic acid groups (broad SMARTS) is 1. The average Bonchev–Trinajstić information content (AvgIpc) is 2.58. The van der Waals surface area contributed by atoms with Gasteiger partial charge in [-0.1, -0.05) is 6.92 Å². The Morgan fingerprint density at radius 2 is 2.24 bits per heavy atom. The van der Waals surface area contributed by atoms with Crippen molar-refractivity contribution in [2.75, 3.05) is 11.9 Å². The molecule has 0 spiro atoms. The second-order valence-electron chi connectivity index (χ2n) is 3.11. The van der Waals surface area contributed by atoms with Gasteiger partial charge in [0.25, 0.3) is 0 Å². The van der Waals surface area contributed by atoms with E-state index in [2.05, 4.69) is 15.1 Å². The number of carbonyl (C=O) groups excluding carboxylic acids is 1. The van der Waals surface area contributed by atoms with Gasteiger partial charge in [0.1, 0.15) is 0 Å². The summed E-state index contributed by atoms with van der Waals surface area (Å²) in [5, 5.41) is 11.2. The molecule has 0 aliphatic carbocycles. The Kier molecular flexibility index (Phi) is 4.85. The molecule has 0 aromatic carbocycles. The fraction of sp³-hybridized carbons (Fsp3) is 0.444. The lowest BCUT2D eigenvalue weighted by Gasteiger charge is -2.03. The SMILES string of the molecule is CCc1nc(NC(=O)NOCC(=O)O)sc1C. The maximum atomic E-state index is 11.2. The highest BCUT2D eigenvalue weighted by Crippen LogP contribution is 2.21. The number of nitrogens with one attached hydrogen (secondary N) is 2. The summed E-state index contributed by atoms with van der Waals surface area (Å²) in [6.07, 6.45) is 0.793. The number of amides is 2. The zero-order chi connectivity index (χ0) is 12.8. The number of hydrogen-bond donors (Lipinski definition) is 3. The van der Waals surface area contributed by atoms with E-state index in [9.17, 15) is 9.59 Å². The number of carbonyl (C=O) groups is 2. The monoisotopic (exact) mass is 259 g/mol. The number of aliphatic carboxylic acids is 1. The molecular weight excluding hydrogens is 246 g/mol. The van der Waals surface area contributed by atoms with Crippen LogP contribution >= 0.6 is 11.3 Å². The van der Waals surface area contributed by atoms with E-state index in [4.69, 9.17) is 5.11 Å². The zero-order valence-corrected chi connectivity index (χ0v) is 10.3. The minimum Gasteiger partial charge on any atom is -0.479 e. The van der Waals surface area contributed by atoms with E-state index in [0.29, 0.717) is 5.13 Å². The van der Waals surface area contributed by atoms with Crippen molar-refractivity contribution in [2.24, 2.45) is 0 Å². The smallest absolute Gasteiger partial charge is 0.344 e. The summed E-state index contributed by atoms with van der Waals surface area (Å²) in [5.74, 6) is -1.16. The van der Waals surface area contributed by atoms with E-state index >= 15 is 0 Å². The standard InChI is InChI=1S/C9H13N3O4S/c1-3-6-5(2)17-9(10-6)11-8(15)12-16-4-7(13)14/h3-4H2,1-2H3,(H,13,14)(H2,10,11,12,15). The molecule has 8 heteroatoms. The lowest BCUT2D eigenvalue weighted by atomic mass is 10.3. The van der Waals surface area contributed by atoms with Gasteiger partial charge in [-0.2, -0.15) is 0 Å². The molecule has 0 bridgehead atoms. The van der Waals surface area contributed by atoms with Crippen LogP contribution in [0.3, 0.4) is 0 Å². The molecule has 17 heavy (non-hydrogen) atoms. The summed E-state index contributed by atoms with van der Waals surface area (Å²) in [4.78, 5) is 31.0. The Morgan fingerprint density at radius 3 is 2.76 bits per heavy atom. The number of thiazole rings is 1. The molecule has 1 rings (SSSR count). The van der Waals surface area contributed by atoms with Gasteiger partial charge in [-0.05, 0) is 13.3 Å². The predicted molar refractivity (Wildman–Crippen MR) is 62.0 cm³/mol. The van der Waals surface area contributed by atoms with Crippen LogP contribution in [0, 0.1) is 6.92 Å². The van der Waals surface area contributed by atoms with E-state index in [1.54, 1.807) is 0 Å². The molecule has 0 fully saturated rings. The molecule has 0 saturated carbocycles. The molecule has 94 valence electrons. The summed E-state index contributed by atoms with van der Waals surface area (Å²) in [7, 11) is 0. The zero-order valence-electron chi connectivity index (χ0n) is 9.44. The van der Waals surface area contributed by atoms with Gasteiger partial charge in [-0.3, -0.25) is 10.2 Å². The van der Waals surface area contributed by atoms with Crippen LogP contribution in [-0.2, 0) is 16.1 Å². The molecule has 1 aromatic rings. The molecule has 0 atom stereocenters. The number of carboxylic acids is 1. The molecule has 7 nitrogen and oxygen atoms in total. The Bertz CT molecular complexity index is 418. The Morgan fingerprint density at radius 1 is 1.53 bits per heavy atom. The van der Waals surface area contributed by atoms with E-state index in [-0.39, 0.29) is 0 Å². The summed E-state index contributed by atoms with van der Waals surface area (Å²) in [5.41, 5.74) is 2.87. The number of aryl methyl sites for hydroxylation is 2. The van der Waals surface area contributed by atoms with Crippen molar-refractivity contribution in [2.45, 2.75) is 20.3 Å². The number of hydrogen-bond acceptors (Lipinski definition) is 5. The molecule has 1 aromatic heterocycles. The van der Waals surface area contributed by atoms with E-state index < -0.39 is 18.6 Å². The largest absolute Gasteiger partial charge is 0.479 e. The van der Waals surface area contributed by atoms with Crippen LogP contribution in [0.5, 0.6) is 0 Å². The highest BCUT2D eigenvalue weighted by molar-refractivity contribution is 7.15. The van der Waals surface area contributed by atoms with Gasteiger partial charge in [-0.15, -0.1) is 11.3 Å². The van der Waals surface area contributed by atoms with Gasteiger partial charge >= 0.3 is 12.0 Å². The fourth-order valence-corrected chi connectivity index (χ4v) is 1.99. The third-order valence-corrected chi connectivity index (χ3v) is 2.74. The van der Waals surface area contributed by atoms with Crippen molar-refractivity contribution in [1.29, 1.82) is 0 Å². The minimum atomic E-state index is -1.16. The maximum Gasteiger partial charge on any atom is 0.344 e. The molecule has 0 aliphatic rings. The van der Waals surface area contributed by atoms with Crippen molar-refractivity contribution in [3.05, 3.63) is 10.6 Å². The quantitative estimate of drug-likeness (QED) is 0.689. The number of hydroxylamine groups is 1. The van der Waals surface area contributed by atoms with Crippen LogP contribution < -0.4 is 10.8 Å². The van der Waals surface area contributed by atoms with E-state index in [1.165, 1.54) is 11.3 Å². The van der Waals surface area contributed by atoms with Crippen molar-refractivity contribution >= 4 is 28.5 Å². The number of nitrogens with zero attached hydrogens (tertiary/aromatic N) is 1. The average molecular weight is 259 g/mol. The molecular formula is C9H13N3O4S. The van der Waals surface area contributed by atoms with Crippen molar-refractivity contribution in [3.8, 4) is 0 Å². The van der Waals surface area contributed by atoms with Crippen LogP contribution in [0.2, 0.25) is 0 Å². The van der Waals surface area contributed by atoms with Gasteiger partial charge in [0, 0.05) is 4.88 Å².